The Morgan fingerprint density at radius 3 is 2.47 bits per heavy atom. The highest BCUT2D eigenvalue weighted by atomic mass is 19.4. The van der Waals surface area contributed by atoms with E-state index < -0.39 is 25.1 Å². The highest BCUT2D eigenvalue weighted by Gasteiger charge is 2.31. The van der Waals surface area contributed by atoms with Gasteiger partial charge in [0.1, 0.15) is 12.4 Å². The Kier molecular flexibility index (Phi) is 5.56. The van der Waals surface area contributed by atoms with E-state index in [1.54, 1.807) is 13.1 Å². The fraction of sp³-hybridized carbons (Fsp3) is 0.500. The molecule has 108 valence electrons. The Hall–Kier alpha value is -1.34. The van der Waals surface area contributed by atoms with Crippen LogP contribution in [-0.2, 0) is 6.54 Å². The Morgan fingerprint density at radius 2 is 2.00 bits per heavy atom. The number of hydrogen-bond donors (Lipinski definition) is 2. The number of nitrogens with zero attached hydrogens (tertiary/aromatic N) is 1. The topological polar surface area (TPSA) is 35.5 Å². The van der Waals surface area contributed by atoms with Crippen LogP contribution in [0.25, 0.3) is 0 Å². The van der Waals surface area contributed by atoms with Crippen molar-refractivity contribution in [1.82, 2.24) is 5.32 Å². The van der Waals surface area contributed by atoms with E-state index >= 15 is 0 Å². The first-order valence-corrected chi connectivity index (χ1v) is 5.73. The lowest BCUT2D eigenvalue weighted by Gasteiger charge is -2.25. The van der Waals surface area contributed by atoms with Crippen molar-refractivity contribution in [3.63, 3.8) is 0 Å². The molecule has 1 aromatic carbocycles. The van der Waals surface area contributed by atoms with Crippen molar-refractivity contribution in [3.8, 4) is 0 Å². The van der Waals surface area contributed by atoms with E-state index in [1.807, 2.05) is 0 Å². The van der Waals surface area contributed by atoms with E-state index in [9.17, 15) is 17.6 Å². The third-order valence-corrected chi connectivity index (χ3v) is 2.47. The largest absolute Gasteiger partial charge is 0.405 e. The second kappa shape index (κ2) is 6.72. The van der Waals surface area contributed by atoms with Crippen LogP contribution in [0.4, 0.5) is 23.2 Å². The maximum Gasteiger partial charge on any atom is 0.405 e. The third-order valence-electron chi connectivity index (χ3n) is 2.47. The average Bonchev–Trinajstić information content (AvgIpc) is 2.27. The second-order valence-electron chi connectivity index (χ2n) is 4.08. The number of anilines is 1. The molecule has 0 aliphatic carbocycles. The Bertz CT molecular complexity index is 409. The van der Waals surface area contributed by atoms with E-state index in [0.717, 1.165) is 4.90 Å². The Labute approximate surface area is 108 Å². The number of hydrogen-bond acceptors (Lipinski definition) is 3. The molecular weight excluding hydrogens is 264 g/mol. The number of nitrogens with one attached hydrogen (secondary N) is 1. The molecule has 0 atom stereocenters. The predicted octanol–water partition coefficient (Wildman–Crippen LogP) is 1.91. The number of rotatable bonds is 6. The zero-order chi connectivity index (χ0) is 14.5. The zero-order valence-electron chi connectivity index (χ0n) is 10.5. The minimum atomic E-state index is -4.45. The van der Waals surface area contributed by atoms with Gasteiger partial charge in [-0.25, -0.2) is 4.39 Å². The molecule has 0 amide bonds. The van der Waals surface area contributed by atoms with Crippen molar-refractivity contribution in [1.29, 1.82) is 0 Å². The summed E-state index contributed by atoms with van der Waals surface area (Å²) in [6, 6.07) is 4.03. The van der Waals surface area contributed by atoms with Gasteiger partial charge in [0.25, 0.3) is 0 Å². The minimum Gasteiger partial charge on any atom is -0.395 e. The maximum absolute atomic E-state index is 13.8. The van der Waals surface area contributed by atoms with Crippen LogP contribution >= 0.6 is 0 Å². The monoisotopic (exact) mass is 280 g/mol. The summed E-state index contributed by atoms with van der Waals surface area (Å²) in [5.41, 5.74) is 0.478. The van der Waals surface area contributed by atoms with Gasteiger partial charge in [-0.2, -0.15) is 13.2 Å². The van der Waals surface area contributed by atoms with Gasteiger partial charge in [0.05, 0.1) is 12.3 Å². The molecule has 0 heterocycles. The number of halogens is 4. The van der Waals surface area contributed by atoms with Crippen molar-refractivity contribution in [3.05, 3.63) is 29.6 Å². The van der Waals surface area contributed by atoms with Crippen molar-refractivity contribution in [2.45, 2.75) is 12.7 Å². The smallest absolute Gasteiger partial charge is 0.395 e. The SMILES string of the molecule is CNCc1ccc(N(CCO)CC(F)(F)F)c(F)c1. The molecular formula is C12H16F4N2O. The zero-order valence-corrected chi connectivity index (χ0v) is 10.5. The van der Waals surface area contributed by atoms with E-state index in [0.29, 0.717) is 12.1 Å². The molecule has 19 heavy (non-hydrogen) atoms. The molecule has 1 aromatic rings. The molecule has 0 radical (unpaired) electrons. The van der Waals surface area contributed by atoms with Gasteiger partial charge in [0, 0.05) is 13.1 Å². The summed E-state index contributed by atoms with van der Waals surface area (Å²) < 4.78 is 51.0. The molecule has 1 rings (SSSR count). The summed E-state index contributed by atoms with van der Waals surface area (Å²) >= 11 is 0. The van der Waals surface area contributed by atoms with Crippen LogP contribution in [0.15, 0.2) is 18.2 Å². The molecule has 0 unspecified atom stereocenters. The predicted molar refractivity (Wildman–Crippen MR) is 64.5 cm³/mol. The molecule has 7 heteroatoms. The Morgan fingerprint density at radius 1 is 1.32 bits per heavy atom. The lowest BCUT2D eigenvalue weighted by Crippen LogP contribution is -2.36. The van der Waals surface area contributed by atoms with Crippen LogP contribution in [0.1, 0.15) is 5.56 Å². The van der Waals surface area contributed by atoms with Crippen LogP contribution in [0.2, 0.25) is 0 Å². The minimum absolute atomic E-state index is 0.161. The molecule has 0 saturated heterocycles. The first-order chi connectivity index (χ1) is 8.87. The van der Waals surface area contributed by atoms with Crippen molar-refractivity contribution >= 4 is 5.69 Å². The van der Waals surface area contributed by atoms with Gasteiger partial charge >= 0.3 is 6.18 Å². The standard InChI is InChI=1S/C12H16F4N2O/c1-17-7-9-2-3-11(10(13)6-9)18(4-5-19)8-12(14,15)16/h2-3,6,17,19H,4-5,7-8H2,1H3. The highest BCUT2D eigenvalue weighted by molar-refractivity contribution is 5.49. The molecule has 0 fully saturated rings. The summed E-state index contributed by atoms with van der Waals surface area (Å²) in [5.74, 6) is -0.731. The number of aliphatic hydroxyl groups is 1. The molecule has 0 saturated carbocycles. The van der Waals surface area contributed by atoms with Crippen LogP contribution < -0.4 is 10.2 Å². The van der Waals surface area contributed by atoms with Crippen LogP contribution in [0, 0.1) is 5.82 Å². The van der Waals surface area contributed by atoms with Gasteiger partial charge < -0.3 is 15.3 Å². The van der Waals surface area contributed by atoms with E-state index in [4.69, 9.17) is 5.11 Å². The summed E-state index contributed by atoms with van der Waals surface area (Å²) in [5, 5.41) is 11.6. The first-order valence-electron chi connectivity index (χ1n) is 5.73. The van der Waals surface area contributed by atoms with Gasteiger partial charge in [-0.15, -0.1) is 0 Å². The fourth-order valence-corrected chi connectivity index (χ4v) is 1.74. The van der Waals surface area contributed by atoms with E-state index in [-0.39, 0.29) is 12.2 Å². The summed E-state index contributed by atoms with van der Waals surface area (Å²) in [6.07, 6.45) is -4.45. The summed E-state index contributed by atoms with van der Waals surface area (Å²) in [4.78, 5) is 0.776. The lowest BCUT2D eigenvalue weighted by atomic mass is 10.1. The highest BCUT2D eigenvalue weighted by Crippen LogP contribution is 2.25. The molecule has 0 aliphatic rings. The van der Waals surface area contributed by atoms with Crippen molar-refractivity contribution < 1.29 is 22.7 Å². The fourth-order valence-electron chi connectivity index (χ4n) is 1.74. The molecule has 2 N–H and O–H groups in total. The van der Waals surface area contributed by atoms with E-state index in [1.165, 1.54) is 12.1 Å². The van der Waals surface area contributed by atoms with Crippen molar-refractivity contribution in [2.24, 2.45) is 0 Å². The van der Waals surface area contributed by atoms with Gasteiger partial charge in [-0.1, -0.05) is 6.07 Å². The Balaban J connectivity index is 2.95. The molecule has 0 spiro atoms. The molecule has 3 nitrogen and oxygen atoms in total. The number of aliphatic hydroxyl groups excluding tert-OH is 1. The average molecular weight is 280 g/mol. The van der Waals surface area contributed by atoms with Crippen molar-refractivity contribution in [2.75, 3.05) is 31.6 Å². The molecule has 0 bridgehead atoms. The first kappa shape index (κ1) is 15.7. The van der Waals surface area contributed by atoms with Gasteiger partial charge in [0.2, 0.25) is 0 Å². The third kappa shape index (κ3) is 5.04. The van der Waals surface area contributed by atoms with Crippen LogP contribution in [-0.4, -0.2) is 38.0 Å². The summed E-state index contributed by atoms with van der Waals surface area (Å²) in [6.45, 7) is -1.62. The van der Waals surface area contributed by atoms with Gasteiger partial charge in [-0.05, 0) is 24.7 Å². The lowest BCUT2D eigenvalue weighted by molar-refractivity contribution is -0.119. The van der Waals surface area contributed by atoms with E-state index in [2.05, 4.69) is 5.32 Å². The second-order valence-corrected chi connectivity index (χ2v) is 4.08. The quantitative estimate of drug-likeness (QED) is 0.781. The van der Waals surface area contributed by atoms with Gasteiger partial charge in [-0.3, -0.25) is 0 Å². The maximum atomic E-state index is 13.8. The number of alkyl halides is 3. The summed E-state index contributed by atoms with van der Waals surface area (Å²) in [7, 11) is 1.69. The van der Waals surface area contributed by atoms with Gasteiger partial charge in [0.15, 0.2) is 0 Å². The normalized spacial score (nSPS) is 11.7. The molecule has 0 aromatic heterocycles. The van der Waals surface area contributed by atoms with Crippen LogP contribution in [0.3, 0.4) is 0 Å². The van der Waals surface area contributed by atoms with Crippen LogP contribution in [0.5, 0.6) is 0 Å². The number of benzene rings is 1. The molecule has 0 aliphatic heterocycles.